The predicted molar refractivity (Wildman–Crippen MR) is 72.8 cm³/mol. The zero-order valence-corrected chi connectivity index (χ0v) is 12.0. The molecular weight excluding hydrogens is 223 g/mol. The van der Waals surface area contributed by atoms with E-state index in [0.717, 1.165) is 22.9 Å². The lowest BCUT2D eigenvalue weighted by Gasteiger charge is -2.58. The third kappa shape index (κ3) is 1.77. The average Bonchev–Trinajstić information content (AvgIpc) is 1.98. The minimum atomic E-state index is -0.615. The molecule has 4 rings (SSSR count). The van der Waals surface area contributed by atoms with Crippen molar-refractivity contribution >= 4 is 19.7 Å². The highest BCUT2D eigenvalue weighted by molar-refractivity contribution is 7.75. The van der Waals surface area contributed by atoms with Crippen LogP contribution in [0.2, 0.25) is 0 Å². The Balaban J connectivity index is 0.000000853. The Labute approximate surface area is 101 Å². The zero-order valence-electron chi connectivity index (χ0n) is 10.3. The molecule has 0 radical (unpaired) electrons. The number of rotatable bonds is 1. The van der Waals surface area contributed by atoms with Gasteiger partial charge in [0.25, 0.3) is 0 Å². The minimum Gasteiger partial charge on any atom is -0.147 e. The smallest absolute Gasteiger partial charge is 0.0799 e. The standard InChI is InChI=1S/C13H24P.ClH/c1-14(2,3)13-7-10-4-11(8-13)6-12(5-10)9-13;/h10-12H,4-9H2,1-3H3;1H/q+1;. The summed E-state index contributed by atoms with van der Waals surface area (Å²) in [5.74, 6) is 3.42. The van der Waals surface area contributed by atoms with Gasteiger partial charge in [0.2, 0.25) is 0 Å². The summed E-state index contributed by atoms with van der Waals surface area (Å²) >= 11 is 0. The highest BCUT2D eigenvalue weighted by Crippen LogP contribution is 2.73. The molecule has 0 aromatic carbocycles. The van der Waals surface area contributed by atoms with Crippen molar-refractivity contribution in [3.05, 3.63) is 0 Å². The van der Waals surface area contributed by atoms with E-state index < -0.39 is 7.26 Å². The SMILES string of the molecule is C[P+](C)(C)C12CC3CC(CC(C3)C1)C2.Cl. The maximum absolute atomic E-state index is 2.60. The van der Waals surface area contributed by atoms with E-state index in [1.165, 1.54) is 0 Å². The third-order valence-electron chi connectivity index (χ3n) is 5.43. The highest BCUT2D eigenvalue weighted by Gasteiger charge is 2.59. The molecule has 0 unspecified atom stereocenters. The molecule has 0 nitrogen and oxygen atoms in total. The Morgan fingerprint density at radius 2 is 1.13 bits per heavy atom. The molecule has 4 aliphatic carbocycles. The molecule has 4 saturated carbocycles. The molecule has 15 heavy (non-hydrogen) atoms. The Hall–Kier alpha value is 0.720. The molecule has 0 spiro atoms. The van der Waals surface area contributed by atoms with Crippen LogP contribution in [0.15, 0.2) is 0 Å². The lowest BCUT2D eigenvalue weighted by atomic mass is 9.56. The Kier molecular flexibility index (Phi) is 2.93. The van der Waals surface area contributed by atoms with Crippen LogP contribution in [0.5, 0.6) is 0 Å². The van der Waals surface area contributed by atoms with Crippen molar-refractivity contribution in [2.75, 3.05) is 20.0 Å². The van der Waals surface area contributed by atoms with Gasteiger partial charge in [0.15, 0.2) is 0 Å². The third-order valence-corrected chi connectivity index (χ3v) is 8.82. The summed E-state index contributed by atoms with van der Waals surface area (Å²) in [7, 11) is -0.615. The second-order valence-corrected chi connectivity index (χ2v) is 12.1. The van der Waals surface area contributed by atoms with E-state index in [9.17, 15) is 0 Å². The van der Waals surface area contributed by atoms with Gasteiger partial charge in [-0.3, -0.25) is 0 Å². The Bertz CT molecular complexity index is 218. The topological polar surface area (TPSA) is 0 Å². The molecule has 0 N–H and O–H groups in total. The summed E-state index contributed by atoms with van der Waals surface area (Å²) in [6, 6.07) is 0. The molecule has 2 heteroatoms. The average molecular weight is 248 g/mol. The lowest BCUT2D eigenvalue weighted by molar-refractivity contribution is 0.0348. The number of hydrogen-bond donors (Lipinski definition) is 0. The van der Waals surface area contributed by atoms with Crippen LogP contribution in [0.1, 0.15) is 38.5 Å². The van der Waals surface area contributed by atoms with Crippen molar-refractivity contribution in [2.24, 2.45) is 17.8 Å². The molecule has 0 saturated heterocycles. The summed E-state index contributed by atoms with van der Waals surface area (Å²) in [6.45, 7) is 7.79. The largest absolute Gasteiger partial charge is 0.147 e. The quantitative estimate of drug-likeness (QED) is 0.607. The molecule has 0 aliphatic heterocycles. The Morgan fingerprint density at radius 1 is 0.800 bits per heavy atom. The van der Waals surface area contributed by atoms with Gasteiger partial charge >= 0.3 is 0 Å². The van der Waals surface area contributed by atoms with E-state index in [4.69, 9.17) is 0 Å². The van der Waals surface area contributed by atoms with Crippen LogP contribution in [-0.4, -0.2) is 25.2 Å². The Morgan fingerprint density at radius 3 is 1.40 bits per heavy atom. The summed E-state index contributed by atoms with van der Waals surface area (Å²) in [4.78, 5) is 0. The van der Waals surface area contributed by atoms with Crippen molar-refractivity contribution < 1.29 is 0 Å². The molecule has 4 fully saturated rings. The van der Waals surface area contributed by atoms with E-state index in [2.05, 4.69) is 20.0 Å². The molecule has 4 bridgehead atoms. The van der Waals surface area contributed by atoms with Gasteiger partial charge in [-0.05, 0) is 56.3 Å². The van der Waals surface area contributed by atoms with Crippen LogP contribution in [0.3, 0.4) is 0 Å². The summed E-state index contributed by atoms with van der Waals surface area (Å²) in [5, 5.41) is 0.849. The molecule has 0 aromatic rings. The van der Waals surface area contributed by atoms with Crippen molar-refractivity contribution in [2.45, 2.75) is 43.7 Å². The van der Waals surface area contributed by atoms with Gasteiger partial charge in [-0.2, -0.15) is 0 Å². The molecule has 88 valence electrons. The van der Waals surface area contributed by atoms with Crippen molar-refractivity contribution in [3.8, 4) is 0 Å². The summed E-state index contributed by atoms with van der Waals surface area (Å²) in [5.41, 5.74) is 0. The molecule has 4 aliphatic rings. The maximum Gasteiger partial charge on any atom is 0.0799 e. The fourth-order valence-corrected chi connectivity index (χ4v) is 7.30. The van der Waals surface area contributed by atoms with Gasteiger partial charge in [0, 0.05) is 27.3 Å². The van der Waals surface area contributed by atoms with Crippen LogP contribution >= 0.6 is 19.7 Å². The first-order valence-electron chi connectivity index (χ1n) is 6.30. The van der Waals surface area contributed by atoms with Gasteiger partial charge < -0.3 is 0 Å². The summed E-state index contributed by atoms with van der Waals surface area (Å²) in [6.07, 6.45) is 9.61. The first kappa shape index (κ1) is 12.2. The maximum atomic E-state index is 2.60. The van der Waals surface area contributed by atoms with Crippen LogP contribution in [0.25, 0.3) is 0 Å². The van der Waals surface area contributed by atoms with Gasteiger partial charge in [-0.1, -0.05) is 0 Å². The molecule has 0 aromatic heterocycles. The first-order chi connectivity index (χ1) is 6.48. The fourth-order valence-electron chi connectivity index (χ4n) is 4.89. The van der Waals surface area contributed by atoms with E-state index >= 15 is 0 Å². The normalized spacial score (nSPS) is 47.8. The van der Waals surface area contributed by atoms with E-state index in [1.54, 1.807) is 38.5 Å². The van der Waals surface area contributed by atoms with Gasteiger partial charge in [0.1, 0.15) is 0 Å². The minimum absolute atomic E-state index is 0. The predicted octanol–water partition coefficient (Wildman–Crippen LogP) is 4.28. The van der Waals surface area contributed by atoms with Crippen molar-refractivity contribution in [1.82, 2.24) is 0 Å². The van der Waals surface area contributed by atoms with Gasteiger partial charge in [-0.25, -0.2) is 0 Å². The first-order valence-corrected chi connectivity index (χ1v) is 9.43. The number of hydrogen-bond acceptors (Lipinski definition) is 0. The highest BCUT2D eigenvalue weighted by atomic mass is 35.5. The molecule has 0 heterocycles. The van der Waals surface area contributed by atoms with E-state index in [-0.39, 0.29) is 12.4 Å². The van der Waals surface area contributed by atoms with Crippen LogP contribution in [0.4, 0.5) is 0 Å². The molecular formula is C13H25ClP+. The second-order valence-electron chi connectivity index (χ2n) is 7.15. The van der Waals surface area contributed by atoms with Crippen LogP contribution < -0.4 is 0 Å². The van der Waals surface area contributed by atoms with Gasteiger partial charge in [0.05, 0.1) is 5.16 Å². The van der Waals surface area contributed by atoms with Crippen LogP contribution in [0, 0.1) is 17.8 Å². The molecule has 0 amide bonds. The monoisotopic (exact) mass is 247 g/mol. The lowest BCUT2D eigenvalue weighted by Crippen LogP contribution is -2.51. The fraction of sp³-hybridized carbons (Fsp3) is 1.00. The molecule has 0 atom stereocenters. The van der Waals surface area contributed by atoms with Crippen molar-refractivity contribution in [1.29, 1.82) is 0 Å². The van der Waals surface area contributed by atoms with Gasteiger partial charge in [-0.15, -0.1) is 12.4 Å². The van der Waals surface area contributed by atoms with E-state index in [0.29, 0.717) is 0 Å². The zero-order chi connectivity index (χ0) is 9.97. The van der Waals surface area contributed by atoms with Crippen molar-refractivity contribution in [3.63, 3.8) is 0 Å². The summed E-state index contributed by atoms with van der Waals surface area (Å²) < 4.78 is 0. The van der Waals surface area contributed by atoms with E-state index in [1.807, 2.05) is 0 Å². The second kappa shape index (κ2) is 3.61. The van der Waals surface area contributed by atoms with Crippen LogP contribution in [-0.2, 0) is 0 Å². The number of halogens is 1.